The Morgan fingerprint density at radius 3 is 2.57 bits per heavy atom. The SMILES string of the molecule is CC(=O)N1CCC(Nc2cc(C(=O)NC[C@H](O)CN3CCc4c(ccc(OCc5ocnc5C)c4C)C3)cc(N3CCN(C)CC3)n2)CC1. The number of aromatic nitrogens is 2. The van der Waals surface area contributed by atoms with E-state index in [4.69, 9.17) is 14.1 Å². The van der Waals surface area contributed by atoms with Gasteiger partial charge < -0.3 is 39.6 Å². The fraction of sp³-hybridized carbons (Fsp3) is 0.556. The zero-order valence-corrected chi connectivity index (χ0v) is 29.2. The number of oxazole rings is 1. The Bertz CT molecular complexity index is 1610. The number of likely N-dealkylation sites (tertiary alicyclic amines) is 1. The van der Waals surface area contributed by atoms with Crippen LogP contribution in [0, 0.1) is 13.8 Å². The van der Waals surface area contributed by atoms with Gasteiger partial charge in [-0.25, -0.2) is 9.97 Å². The van der Waals surface area contributed by atoms with Crippen LogP contribution in [0.15, 0.2) is 35.1 Å². The van der Waals surface area contributed by atoms with Gasteiger partial charge in [-0.3, -0.25) is 14.5 Å². The van der Waals surface area contributed by atoms with Crippen LogP contribution >= 0.6 is 0 Å². The van der Waals surface area contributed by atoms with Gasteiger partial charge >= 0.3 is 0 Å². The monoisotopic (exact) mass is 674 g/mol. The molecule has 0 bridgehead atoms. The molecule has 0 spiro atoms. The largest absolute Gasteiger partial charge is 0.485 e. The summed E-state index contributed by atoms with van der Waals surface area (Å²) >= 11 is 0. The summed E-state index contributed by atoms with van der Waals surface area (Å²) in [6.45, 7) is 13.0. The number of aliphatic hydroxyl groups excluding tert-OH is 1. The second kappa shape index (κ2) is 15.6. The highest BCUT2D eigenvalue weighted by Crippen LogP contribution is 2.30. The van der Waals surface area contributed by atoms with E-state index in [1.54, 1.807) is 13.0 Å². The number of carbonyl (C=O) groups is 2. The number of nitrogens with one attached hydrogen (secondary N) is 2. The Hall–Kier alpha value is -4.20. The Balaban J connectivity index is 1.04. The van der Waals surface area contributed by atoms with Gasteiger partial charge in [0.2, 0.25) is 5.91 Å². The summed E-state index contributed by atoms with van der Waals surface area (Å²) in [6, 6.07) is 7.93. The van der Waals surface area contributed by atoms with Crippen molar-refractivity contribution in [2.24, 2.45) is 0 Å². The van der Waals surface area contributed by atoms with Gasteiger partial charge in [-0.15, -0.1) is 0 Å². The third-order valence-corrected chi connectivity index (χ3v) is 10.1. The van der Waals surface area contributed by atoms with E-state index in [9.17, 15) is 14.7 Å². The summed E-state index contributed by atoms with van der Waals surface area (Å²) in [7, 11) is 2.11. The molecule has 1 aromatic carbocycles. The van der Waals surface area contributed by atoms with E-state index in [0.29, 0.717) is 37.6 Å². The highest BCUT2D eigenvalue weighted by Gasteiger charge is 2.25. The van der Waals surface area contributed by atoms with Gasteiger partial charge in [0.25, 0.3) is 5.91 Å². The van der Waals surface area contributed by atoms with E-state index in [2.05, 4.69) is 50.4 Å². The molecule has 2 amide bonds. The number of fused-ring (bicyclic) bond motifs is 1. The summed E-state index contributed by atoms with van der Waals surface area (Å²) in [5, 5.41) is 17.5. The molecule has 2 saturated heterocycles. The quantitative estimate of drug-likeness (QED) is 0.277. The molecule has 6 rings (SSSR count). The molecule has 13 nitrogen and oxygen atoms in total. The number of ether oxygens (including phenoxy) is 1. The number of amides is 2. The lowest BCUT2D eigenvalue weighted by Crippen LogP contribution is -2.45. The number of aliphatic hydroxyl groups is 1. The third-order valence-electron chi connectivity index (χ3n) is 10.1. The summed E-state index contributed by atoms with van der Waals surface area (Å²) in [5.74, 6) is 2.86. The number of nitrogens with zero attached hydrogens (tertiary/aromatic N) is 6. The van der Waals surface area contributed by atoms with E-state index in [1.165, 1.54) is 17.5 Å². The van der Waals surface area contributed by atoms with E-state index in [0.717, 1.165) is 87.1 Å². The predicted molar refractivity (Wildman–Crippen MR) is 187 cm³/mol. The normalized spacial score (nSPS) is 18.2. The van der Waals surface area contributed by atoms with Gasteiger partial charge in [-0.1, -0.05) is 6.07 Å². The fourth-order valence-corrected chi connectivity index (χ4v) is 6.94. The highest BCUT2D eigenvalue weighted by molar-refractivity contribution is 5.95. The molecule has 13 heteroatoms. The molecule has 2 fully saturated rings. The molecule has 0 aliphatic carbocycles. The summed E-state index contributed by atoms with van der Waals surface area (Å²) in [4.78, 5) is 42.9. The van der Waals surface area contributed by atoms with Crippen LogP contribution in [-0.4, -0.2) is 120 Å². The average Bonchev–Trinajstić information content (AvgIpc) is 3.51. The molecular weight excluding hydrogens is 624 g/mol. The maximum absolute atomic E-state index is 13.5. The number of hydrogen-bond donors (Lipinski definition) is 3. The van der Waals surface area contributed by atoms with Crippen LogP contribution in [0.4, 0.5) is 11.6 Å². The predicted octanol–water partition coefficient (Wildman–Crippen LogP) is 2.59. The smallest absolute Gasteiger partial charge is 0.251 e. The van der Waals surface area contributed by atoms with E-state index < -0.39 is 6.10 Å². The number of rotatable bonds is 11. The number of carbonyl (C=O) groups excluding carboxylic acids is 2. The standard InChI is InChI=1S/C36H50N8O5/c1-24-31-9-10-42(20-27(31)5-6-32(24)48-22-33-25(2)38-23-49-33)21-30(46)19-37-36(47)28-17-34(39-29-7-11-43(12-8-29)26(3)45)40-35(18-28)44-15-13-41(4)14-16-44/h5-6,17-18,23,29-30,46H,7-16,19-22H2,1-4H3,(H,37,47)(H,39,40)/t30-/m0/s1. The molecule has 264 valence electrons. The number of piperazine rings is 1. The first-order chi connectivity index (χ1) is 23.6. The summed E-state index contributed by atoms with van der Waals surface area (Å²) < 4.78 is 11.5. The van der Waals surface area contributed by atoms with Crippen LogP contribution in [-0.2, 0) is 24.4 Å². The van der Waals surface area contributed by atoms with Crippen molar-refractivity contribution < 1.29 is 23.8 Å². The van der Waals surface area contributed by atoms with Crippen molar-refractivity contribution in [2.45, 2.75) is 65.3 Å². The van der Waals surface area contributed by atoms with Crippen molar-refractivity contribution in [3.8, 4) is 5.75 Å². The van der Waals surface area contributed by atoms with Crippen LogP contribution < -0.4 is 20.3 Å². The Morgan fingerprint density at radius 1 is 1.08 bits per heavy atom. The minimum absolute atomic E-state index is 0.102. The van der Waals surface area contributed by atoms with Crippen LogP contribution in [0.5, 0.6) is 5.75 Å². The number of benzene rings is 1. The second-order valence-electron chi connectivity index (χ2n) is 13.6. The van der Waals surface area contributed by atoms with E-state index >= 15 is 0 Å². The first kappa shape index (κ1) is 34.7. The third kappa shape index (κ3) is 8.70. The molecule has 2 aromatic heterocycles. The van der Waals surface area contributed by atoms with Gasteiger partial charge in [-0.05, 0) is 75.0 Å². The van der Waals surface area contributed by atoms with Crippen molar-refractivity contribution in [1.82, 2.24) is 30.0 Å². The zero-order valence-electron chi connectivity index (χ0n) is 29.2. The Kier molecular flexibility index (Phi) is 11.0. The van der Waals surface area contributed by atoms with E-state index in [1.807, 2.05) is 24.0 Å². The molecule has 0 unspecified atom stereocenters. The molecule has 3 aliphatic heterocycles. The van der Waals surface area contributed by atoms with Crippen molar-refractivity contribution in [2.75, 3.05) is 76.2 Å². The maximum atomic E-state index is 13.5. The topological polar surface area (TPSA) is 140 Å². The zero-order chi connectivity index (χ0) is 34.5. The van der Waals surface area contributed by atoms with Crippen molar-refractivity contribution in [1.29, 1.82) is 0 Å². The Labute approximate surface area is 288 Å². The van der Waals surface area contributed by atoms with Gasteiger partial charge in [-0.2, -0.15) is 0 Å². The number of β-amino-alcohol motifs (C(OH)–C–C–N with tert-alkyl or cyclic N) is 1. The lowest BCUT2D eigenvalue weighted by Gasteiger charge is -2.34. The second-order valence-corrected chi connectivity index (χ2v) is 13.6. The molecule has 3 aliphatic rings. The number of piperidine rings is 1. The van der Waals surface area contributed by atoms with Crippen LogP contribution in [0.3, 0.4) is 0 Å². The Morgan fingerprint density at radius 2 is 1.86 bits per heavy atom. The van der Waals surface area contributed by atoms with Crippen molar-refractivity contribution in [3.63, 3.8) is 0 Å². The van der Waals surface area contributed by atoms with Crippen LogP contribution in [0.2, 0.25) is 0 Å². The summed E-state index contributed by atoms with van der Waals surface area (Å²) in [5.41, 5.74) is 4.99. The van der Waals surface area contributed by atoms with Crippen molar-refractivity contribution in [3.05, 3.63) is 64.4 Å². The molecule has 49 heavy (non-hydrogen) atoms. The van der Waals surface area contributed by atoms with Gasteiger partial charge in [0.1, 0.15) is 24.0 Å². The number of pyridine rings is 1. The summed E-state index contributed by atoms with van der Waals surface area (Å²) in [6.07, 6.45) is 3.22. The van der Waals surface area contributed by atoms with Gasteiger partial charge in [0, 0.05) is 84.0 Å². The average molecular weight is 675 g/mol. The minimum Gasteiger partial charge on any atom is -0.485 e. The van der Waals surface area contributed by atoms with Crippen LogP contribution in [0.25, 0.3) is 0 Å². The van der Waals surface area contributed by atoms with Crippen LogP contribution in [0.1, 0.15) is 58.3 Å². The molecule has 1 atom stereocenters. The number of anilines is 2. The first-order valence-corrected chi connectivity index (χ1v) is 17.4. The molecule has 3 aromatic rings. The number of likely N-dealkylation sites (N-methyl/N-ethyl adjacent to an activating group) is 1. The minimum atomic E-state index is -0.720. The number of hydrogen-bond acceptors (Lipinski definition) is 11. The lowest BCUT2D eigenvalue weighted by molar-refractivity contribution is -0.129. The molecule has 5 heterocycles. The first-order valence-electron chi connectivity index (χ1n) is 17.4. The van der Waals surface area contributed by atoms with E-state index in [-0.39, 0.29) is 24.4 Å². The number of aryl methyl sites for hydroxylation is 1. The molecular formula is C36H50N8O5. The highest BCUT2D eigenvalue weighted by atomic mass is 16.5. The van der Waals surface area contributed by atoms with Gasteiger partial charge in [0.15, 0.2) is 12.2 Å². The molecule has 0 saturated carbocycles. The maximum Gasteiger partial charge on any atom is 0.251 e. The van der Waals surface area contributed by atoms with Gasteiger partial charge in [0.05, 0.1) is 11.8 Å². The molecule has 0 radical (unpaired) electrons. The molecule has 3 N–H and O–H groups in total. The fourth-order valence-electron chi connectivity index (χ4n) is 6.94. The lowest BCUT2D eigenvalue weighted by atomic mass is 9.94. The van der Waals surface area contributed by atoms with Crippen molar-refractivity contribution >= 4 is 23.5 Å².